The maximum absolute atomic E-state index is 14.5. The molecule has 0 aliphatic heterocycles. The number of hydrogen-bond donors (Lipinski definition) is 0. The number of unbranched alkanes of at least 4 members (excludes halogenated alkanes) is 2. The molecular formula is C42H60N2O6S. The first kappa shape index (κ1) is 41.7. The molecule has 0 bridgehead atoms. The summed E-state index contributed by atoms with van der Waals surface area (Å²) >= 11 is 0. The first-order valence-electron chi connectivity index (χ1n) is 18.1. The monoisotopic (exact) mass is 720 g/mol. The lowest BCUT2D eigenvalue weighted by Gasteiger charge is -2.30. The Bertz CT molecular complexity index is 1750. The fourth-order valence-electron chi connectivity index (χ4n) is 5.93. The van der Waals surface area contributed by atoms with Crippen molar-refractivity contribution in [2.24, 2.45) is 0 Å². The normalized spacial score (nSPS) is 12.3. The molecule has 0 heterocycles. The molecule has 8 nitrogen and oxygen atoms in total. The summed E-state index contributed by atoms with van der Waals surface area (Å²) in [5.74, 6) is -0.576. The number of carbonyl (C=O) groups is 2. The highest BCUT2D eigenvalue weighted by molar-refractivity contribution is 7.89. The smallest absolute Gasteiger partial charge is 0.341 e. The Labute approximate surface area is 307 Å². The van der Waals surface area contributed by atoms with E-state index in [1.807, 2.05) is 26.0 Å². The Morgan fingerprint density at radius 2 is 1.31 bits per heavy atom. The van der Waals surface area contributed by atoms with Crippen molar-refractivity contribution in [2.45, 2.75) is 124 Å². The predicted molar refractivity (Wildman–Crippen MR) is 208 cm³/mol. The number of ether oxygens (including phenoxy) is 2. The van der Waals surface area contributed by atoms with Crippen LogP contribution in [0.4, 0.5) is 5.69 Å². The van der Waals surface area contributed by atoms with Gasteiger partial charge in [0.25, 0.3) is 0 Å². The number of likely N-dealkylation sites (N-methyl/N-ethyl adjacent to an activating group) is 1. The fourth-order valence-corrected chi connectivity index (χ4v) is 7.45. The third-order valence-corrected chi connectivity index (χ3v) is 11.1. The first-order chi connectivity index (χ1) is 23.7. The van der Waals surface area contributed by atoms with Crippen molar-refractivity contribution in [2.75, 3.05) is 31.7 Å². The molecule has 3 rings (SSSR count). The highest BCUT2D eigenvalue weighted by Crippen LogP contribution is 2.33. The van der Waals surface area contributed by atoms with E-state index in [4.69, 9.17) is 9.47 Å². The van der Waals surface area contributed by atoms with Crippen LogP contribution in [-0.2, 0) is 36.9 Å². The van der Waals surface area contributed by atoms with Crippen LogP contribution in [0.3, 0.4) is 0 Å². The van der Waals surface area contributed by atoms with Gasteiger partial charge >= 0.3 is 5.97 Å². The number of amides is 1. The second-order valence-electron chi connectivity index (χ2n) is 15.8. The van der Waals surface area contributed by atoms with E-state index < -0.39 is 28.4 Å². The topological polar surface area (TPSA) is 93.2 Å². The molecule has 1 amide bonds. The third kappa shape index (κ3) is 10.9. The van der Waals surface area contributed by atoms with E-state index in [0.717, 1.165) is 52.2 Å². The summed E-state index contributed by atoms with van der Waals surface area (Å²) in [6.07, 6.45) is 3.33. The lowest BCUT2D eigenvalue weighted by Crippen LogP contribution is -2.41. The summed E-state index contributed by atoms with van der Waals surface area (Å²) in [5.41, 5.74) is 5.89. The number of anilines is 1. The fraction of sp³-hybridized carbons (Fsp3) is 0.524. The maximum atomic E-state index is 14.5. The van der Waals surface area contributed by atoms with Crippen LogP contribution in [0, 0.1) is 20.8 Å². The highest BCUT2D eigenvalue weighted by atomic mass is 32.2. The van der Waals surface area contributed by atoms with Crippen LogP contribution >= 0.6 is 0 Å². The molecule has 0 saturated carbocycles. The molecule has 0 saturated heterocycles. The predicted octanol–water partition coefficient (Wildman–Crippen LogP) is 9.20. The molecule has 0 fully saturated rings. The summed E-state index contributed by atoms with van der Waals surface area (Å²) < 4.78 is 40.7. The van der Waals surface area contributed by atoms with Crippen molar-refractivity contribution < 1.29 is 27.5 Å². The Kier molecular flexibility index (Phi) is 14.1. The van der Waals surface area contributed by atoms with Crippen molar-refractivity contribution in [1.29, 1.82) is 0 Å². The van der Waals surface area contributed by atoms with Crippen LogP contribution in [-0.4, -0.2) is 51.4 Å². The van der Waals surface area contributed by atoms with Gasteiger partial charge in [0.1, 0.15) is 11.3 Å². The van der Waals surface area contributed by atoms with Crippen LogP contribution in [0.1, 0.15) is 125 Å². The van der Waals surface area contributed by atoms with E-state index in [2.05, 4.69) is 66.7 Å². The lowest BCUT2D eigenvalue weighted by molar-refractivity contribution is -0.118. The average Bonchev–Trinajstić information content (AvgIpc) is 3.02. The molecule has 3 aromatic carbocycles. The molecule has 51 heavy (non-hydrogen) atoms. The van der Waals surface area contributed by atoms with Gasteiger partial charge in [-0.15, -0.1) is 0 Å². The maximum Gasteiger partial charge on any atom is 0.341 e. The molecule has 9 heteroatoms. The number of carbonyl (C=O) groups excluding carboxylic acids is 2. The van der Waals surface area contributed by atoms with Gasteiger partial charge in [-0.25, -0.2) is 13.2 Å². The van der Waals surface area contributed by atoms with E-state index in [-0.39, 0.29) is 27.8 Å². The number of esters is 1. The Morgan fingerprint density at radius 3 is 1.84 bits per heavy atom. The van der Waals surface area contributed by atoms with E-state index in [9.17, 15) is 18.0 Å². The quantitative estimate of drug-likeness (QED) is 0.115. The standard InChI is InChI=1S/C42H60N2O6S/c1-13-15-19-49-37-26-35(17-18-36(37)40(46)50-20-16-14-2)44(27-32-23-33(41(6,7)8)25-34(24-32)42(9,10)11)38(45)28-43(12)51(47,48)39-30(4)21-29(3)22-31(39)5/h17-18,21-26H,13-16,19-20,27-28H2,1-12H3. The lowest BCUT2D eigenvalue weighted by atomic mass is 9.79. The van der Waals surface area contributed by atoms with E-state index >= 15 is 0 Å². The second-order valence-corrected chi connectivity index (χ2v) is 17.7. The third-order valence-electron chi connectivity index (χ3n) is 8.98. The number of sulfonamides is 1. The van der Waals surface area contributed by atoms with E-state index in [1.54, 1.807) is 36.9 Å². The largest absolute Gasteiger partial charge is 0.493 e. The number of nitrogens with zero attached hydrogens (tertiary/aromatic N) is 2. The minimum Gasteiger partial charge on any atom is -0.493 e. The van der Waals surface area contributed by atoms with Crippen LogP contribution < -0.4 is 9.64 Å². The number of hydrogen-bond acceptors (Lipinski definition) is 6. The van der Waals surface area contributed by atoms with Gasteiger partial charge in [-0.1, -0.05) is 104 Å². The van der Waals surface area contributed by atoms with Gasteiger partial charge in [-0.3, -0.25) is 4.79 Å². The minimum atomic E-state index is -4.01. The Hall–Kier alpha value is -3.69. The Morgan fingerprint density at radius 1 is 0.765 bits per heavy atom. The molecule has 0 aromatic heterocycles. The molecule has 0 spiro atoms. The van der Waals surface area contributed by atoms with Gasteiger partial charge in [-0.2, -0.15) is 4.31 Å². The van der Waals surface area contributed by atoms with Gasteiger partial charge < -0.3 is 14.4 Å². The van der Waals surface area contributed by atoms with Crippen molar-refractivity contribution in [3.05, 3.63) is 87.5 Å². The number of rotatable bonds is 15. The summed E-state index contributed by atoms with van der Waals surface area (Å²) in [6.45, 7) is 23.0. The van der Waals surface area contributed by atoms with E-state index in [1.165, 1.54) is 7.05 Å². The molecule has 0 atom stereocenters. The molecule has 0 aliphatic carbocycles. The zero-order valence-electron chi connectivity index (χ0n) is 33.0. The summed E-state index contributed by atoms with van der Waals surface area (Å²) in [5, 5.41) is 0. The zero-order chi connectivity index (χ0) is 38.3. The SMILES string of the molecule is CCCCOC(=O)c1ccc(N(Cc2cc(C(C)(C)C)cc(C(C)(C)C)c2)C(=O)CN(C)S(=O)(=O)c2c(C)cc(C)cc2C)cc1OCCCC. The van der Waals surface area contributed by atoms with Crippen LogP contribution in [0.25, 0.3) is 0 Å². The molecule has 3 aromatic rings. The average molecular weight is 721 g/mol. The highest BCUT2D eigenvalue weighted by Gasteiger charge is 2.30. The van der Waals surface area contributed by atoms with Crippen LogP contribution in [0.5, 0.6) is 5.75 Å². The van der Waals surface area contributed by atoms with Gasteiger partial charge in [0.2, 0.25) is 15.9 Å². The molecule has 0 unspecified atom stereocenters. The number of aryl methyl sites for hydroxylation is 3. The first-order valence-corrected chi connectivity index (χ1v) is 19.6. The van der Waals surface area contributed by atoms with Gasteiger partial charge in [-0.05, 0) is 84.4 Å². The molecule has 0 radical (unpaired) electrons. The van der Waals surface area contributed by atoms with Crippen molar-refractivity contribution in [1.82, 2.24) is 4.31 Å². The van der Waals surface area contributed by atoms with Crippen molar-refractivity contribution in [3.8, 4) is 5.75 Å². The van der Waals surface area contributed by atoms with Crippen molar-refractivity contribution in [3.63, 3.8) is 0 Å². The van der Waals surface area contributed by atoms with Gasteiger partial charge in [0.05, 0.1) is 31.2 Å². The second kappa shape index (κ2) is 17.2. The molecular weight excluding hydrogens is 661 g/mol. The van der Waals surface area contributed by atoms with E-state index in [0.29, 0.717) is 35.8 Å². The summed E-state index contributed by atoms with van der Waals surface area (Å²) in [6, 6.07) is 15.2. The minimum absolute atomic E-state index is 0.150. The van der Waals surface area contributed by atoms with Gasteiger partial charge in [0, 0.05) is 18.8 Å². The van der Waals surface area contributed by atoms with Crippen LogP contribution in [0.2, 0.25) is 0 Å². The summed E-state index contributed by atoms with van der Waals surface area (Å²) in [4.78, 5) is 29.4. The molecule has 280 valence electrons. The van der Waals surface area contributed by atoms with Gasteiger partial charge in [0.15, 0.2) is 0 Å². The van der Waals surface area contributed by atoms with Crippen LogP contribution in [0.15, 0.2) is 53.4 Å². The number of benzene rings is 3. The molecule has 0 aliphatic rings. The molecule has 0 N–H and O–H groups in total. The summed E-state index contributed by atoms with van der Waals surface area (Å²) in [7, 11) is -2.56. The van der Waals surface area contributed by atoms with Crippen molar-refractivity contribution >= 4 is 27.6 Å². The Balaban J connectivity index is 2.17. The zero-order valence-corrected chi connectivity index (χ0v) is 33.8.